The number of pyridine rings is 1. The van der Waals surface area contributed by atoms with Crippen LogP contribution in [0.1, 0.15) is 28.8 Å². The molecule has 1 aliphatic rings. The fourth-order valence-corrected chi connectivity index (χ4v) is 3.59. The number of nitro groups is 1. The van der Waals surface area contributed by atoms with Crippen LogP contribution in [0, 0.1) is 17.0 Å². The minimum Gasteiger partial charge on any atom is -0.327 e. The molecule has 0 radical (unpaired) electrons. The summed E-state index contributed by atoms with van der Waals surface area (Å²) in [6, 6.07) is 6.99. The first-order valence-electron chi connectivity index (χ1n) is 9.62. The van der Waals surface area contributed by atoms with Gasteiger partial charge in [0.05, 0.1) is 16.8 Å². The van der Waals surface area contributed by atoms with E-state index >= 15 is 0 Å². The highest BCUT2D eigenvalue weighted by atomic mass is 16.6. The van der Waals surface area contributed by atoms with Gasteiger partial charge < -0.3 is 10.2 Å². The Morgan fingerprint density at radius 1 is 1.26 bits per heavy atom. The Bertz CT molecular complexity index is 1130. The predicted molar refractivity (Wildman–Crippen MR) is 110 cm³/mol. The molecule has 1 unspecified atom stereocenters. The van der Waals surface area contributed by atoms with Crippen molar-refractivity contribution >= 4 is 23.2 Å². The Morgan fingerprint density at radius 3 is 2.74 bits per heavy atom. The van der Waals surface area contributed by atoms with E-state index in [9.17, 15) is 19.7 Å². The molecule has 2 aromatic heterocycles. The molecule has 4 rings (SSSR count). The second kappa shape index (κ2) is 8.30. The number of nitrogens with one attached hydrogen (secondary N) is 1. The normalized spacial score (nSPS) is 15.6. The molecular weight excluding hydrogens is 402 g/mol. The van der Waals surface area contributed by atoms with E-state index in [1.54, 1.807) is 19.1 Å². The van der Waals surface area contributed by atoms with E-state index in [1.807, 2.05) is 0 Å². The average molecular weight is 421 g/mol. The molecule has 0 aliphatic carbocycles. The molecule has 11 heteroatoms. The highest BCUT2D eigenvalue weighted by Crippen LogP contribution is 2.24. The number of nitro benzene ring substituents is 1. The van der Waals surface area contributed by atoms with Crippen LogP contribution in [0.25, 0.3) is 5.82 Å². The van der Waals surface area contributed by atoms with Gasteiger partial charge in [-0.15, -0.1) is 0 Å². The zero-order chi connectivity index (χ0) is 22.0. The van der Waals surface area contributed by atoms with Crippen molar-refractivity contribution < 1.29 is 14.5 Å². The van der Waals surface area contributed by atoms with E-state index in [0.29, 0.717) is 42.0 Å². The molecule has 3 aromatic rings. The summed E-state index contributed by atoms with van der Waals surface area (Å²) in [4.78, 5) is 45.9. The van der Waals surface area contributed by atoms with E-state index in [1.165, 1.54) is 46.6 Å². The van der Waals surface area contributed by atoms with E-state index in [4.69, 9.17) is 0 Å². The first-order chi connectivity index (χ1) is 14.9. The maximum atomic E-state index is 13.0. The molecule has 0 spiro atoms. The Morgan fingerprint density at radius 2 is 2.10 bits per heavy atom. The number of carbonyl (C=O) groups is 2. The van der Waals surface area contributed by atoms with Gasteiger partial charge in [0.2, 0.25) is 5.91 Å². The lowest BCUT2D eigenvalue weighted by Gasteiger charge is -2.24. The van der Waals surface area contributed by atoms with Gasteiger partial charge in [-0.1, -0.05) is 0 Å². The number of amides is 2. The third-order valence-electron chi connectivity index (χ3n) is 5.13. The van der Waals surface area contributed by atoms with Gasteiger partial charge in [-0.3, -0.25) is 19.7 Å². The SMILES string of the molecule is Cc1cc(C(=O)N2CCCC2C(=O)Nc2ccc(-n3cncn3)nc2)ccc1[N+](=O)[O-]. The third-order valence-corrected chi connectivity index (χ3v) is 5.13. The van der Waals surface area contributed by atoms with Crippen molar-refractivity contribution in [1.82, 2.24) is 24.6 Å². The molecular formula is C20H19N7O4. The Labute approximate surface area is 176 Å². The number of carbonyl (C=O) groups excluding carboxylic acids is 2. The van der Waals surface area contributed by atoms with Gasteiger partial charge in [0.15, 0.2) is 5.82 Å². The molecule has 3 heterocycles. The standard InChI is InChI=1S/C20H19N7O4/c1-13-9-14(4-6-16(13)27(30)31)20(29)25-8-2-3-17(25)19(28)24-15-5-7-18(22-10-15)26-12-21-11-23-26/h4-7,9-12,17H,2-3,8H2,1H3,(H,24,28). The first-order valence-corrected chi connectivity index (χ1v) is 9.62. The number of anilines is 1. The monoisotopic (exact) mass is 421 g/mol. The van der Waals surface area contributed by atoms with Crippen molar-refractivity contribution in [3.05, 3.63) is 70.4 Å². The molecule has 0 saturated carbocycles. The summed E-state index contributed by atoms with van der Waals surface area (Å²) in [5.74, 6) is -0.0724. The van der Waals surface area contributed by atoms with Crippen molar-refractivity contribution in [3.8, 4) is 5.82 Å². The summed E-state index contributed by atoms with van der Waals surface area (Å²) < 4.78 is 1.50. The van der Waals surface area contributed by atoms with Crippen molar-refractivity contribution in [2.24, 2.45) is 0 Å². The molecule has 2 amide bonds. The Hall–Kier alpha value is -4.15. The van der Waals surface area contributed by atoms with Crippen molar-refractivity contribution in [2.45, 2.75) is 25.8 Å². The molecule has 11 nitrogen and oxygen atoms in total. The average Bonchev–Trinajstić information content (AvgIpc) is 3.45. The fourth-order valence-electron chi connectivity index (χ4n) is 3.59. The topological polar surface area (TPSA) is 136 Å². The van der Waals surface area contributed by atoms with Gasteiger partial charge >= 0.3 is 0 Å². The van der Waals surface area contributed by atoms with Crippen LogP contribution in [0.3, 0.4) is 0 Å². The molecule has 1 atom stereocenters. The summed E-state index contributed by atoms with van der Waals surface area (Å²) in [6.45, 7) is 2.02. The summed E-state index contributed by atoms with van der Waals surface area (Å²) >= 11 is 0. The molecule has 158 valence electrons. The van der Waals surface area contributed by atoms with E-state index in [2.05, 4.69) is 20.4 Å². The third kappa shape index (κ3) is 4.10. The van der Waals surface area contributed by atoms with Crippen molar-refractivity contribution in [1.29, 1.82) is 0 Å². The summed E-state index contributed by atoms with van der Waals surface area (Å²) in [5.41, 5.74) is 1.17. The fraction of sp³-hybridized carbons (Fsp3) is 0.250. The molecule has 1 N–H and O–H groups in total. The molecule has 1 fully saturated rings. The molecule has 31 heavy (non-hydrogen) atoms. The van der Waals surface area contributed by atoms with Gasteiger partial charge in [0, 0.05) is 23.7 Å². The lowest BCUT2D eigenvalue weighted by molar-refractivity contribution is -0.385. The largest absolute Gasteiger partial charge is 0.327 e. The van der Waals surface area contributed by atoms with Gasteiger partial charge in [-0.25, -0.2) is 14.6 Å². The van der Waals surface area contributed by atoms with Crippen LogP contribution < -0.4 is 5.32 Å². The van der Waals surface area contributed by atoms with Crippen LogP contribution in [0.4, 0.5) is 11.4 Å². The summed E-state index contributed by atoms with van der Waals surface area (Å²) in [6.07, 6.45) is 5.65. The van der Waals surface area contributed by atoms with Crippen LogP contribution >= 0.6 is 0 Å². The lowest BCUT2D eigenvalue weighted by Crippen LogP contribution is -2.43. The molecule has 1 aromatic carbocycles. The van der Waals surface area contributed by atoms with Crippen LogP contribution in [0.15, 0.2) is 49.2 Å². The van der Waals surface area contributed by atoms with Gasteiger partial charge in [0.25, 0.3) is 11.6 Å². The lowest BCUT2D eigenvalue weighted by atomic mass is 10.1. The second-order valence-corrected chi connectivity index (χ2v) is 7.15. The minimum absolute atomic E-state index is 0.0471. The van der Waals surface area contributed by atoms with Gasteiger partial charge in [0.1, 0.15) is 18.7 Å². The summed E-state index contributed by atoms with van der Waals surface area (Å²) in [5, 5.41) is 17.8. The number of likely N-dealkylation sites (tertiary alicyclic amines) is 1. The number of rotatable bonds is 5. The quantitative estimate of drug-likeness (QED) is 0.492. The number of nitrogens with zero attached hydrogens (tertiary/aromatic N) is 6. The van der Waals surface area contributed by atoms with E-state index in [0.717, 1.165) is 0 Å². The number of aryl methyl sites for hydroxylation is 1. The zero-order valence-corrected chi connectivity index (χ0v) is 16.6. The molecule has 0 bridgehead atoms. The van der Waals surface area contributed by atoms with Gasteiger partial charge in [-0.2, -0.15) is 5.10 Å². The Balaban J connectivity index is 1.46. The van der Waals surface area contributed by atoms with Crippen molar-refractivity contribution in [3.63, 3.8) is 0 Å². The summed E-state index contributed by atoms with van der Waals surface area (Å²) in [7, 11) is 0. The number of benzene rings is 1. The zero-order valence-electron chi connectivity index (χ0n) is 16.6. The van der Waals surface area contributed by atoms with E-state index in [-0.39, 0.29) is 17.5 Å². The maximum absolute atomic E-state index is 13.0. The Kier molecular flexibility index (Phi) is 5.39. The van der Waals surface area contributed by atoms with E-state index < -0.39 is 11.0 Å². The van der Waals surface area contributed by atoms with Crippen LogP contribution in [0.5, 0.6) is 0 Å². The molecule has 1 saturated heterocycles. The minimum atomic E-state index is -0.627. The maximum Gasteiger partial charge on any atom is 0.272 e. The highest BCUT2D eigenvalue weighted by Gasteiger charge is 2.35. The smallest absolute Gasteiger partial charge is 0.272 e. The number of aromatic nitrogens is 4. The van der Waals surface area contributed by atoms with Crippen LogP contribution in [0.2, 0.25) is 0 Å². The number of hydrogen-bond donors (Lipinski definition) is 1. The highest BCUT2D eigenvalue weighted by molar-refractivity contribution is 6.01. The first kappa shape index (κ1) is 20.1. The van der Waals surface area contributed by atoms with Crippen LogP contribution in [-0.4, -0.2) is 54.0 Å². The molecule has 1 aliphatic heterocycles. The predicted octanol–water partition coefficient (Wildman–Crippen LogP) is 2.12. The van der Waals surface area contributed by atoms with Gasteiger partial charge in [-0.05, 0) is 44.0 Å². The second-order valence-electron chi connectivity index (χ2n) is 7.15. The van der Waals surface area contributed by atoms with Crippen LogP contribution in [-0.2, 0) is 4.79 Å². The van der Waals surface area contributed by atoms with Crippen molar-refractivity contribution in [2.75, 3.05) is 11.9 Å². The number of hydrogen-bond acceptors (Lipinski definition) is 7.